The number of carbonyl (C=O) groups excluding carboxylic acids is 1. The van der Waals surface area contributed by atoms with Crippen LogP contribution in [-0.2, 0) is 11.3 Å². The van der Waals surface area contributed by atoms with Crippen LogP contribution in [0.5, 0.6) is 5.88 Å². The summed E-state index contributed by atoms with van der Waals surface area (Å²) < 4.78 is 2.09. The molecule has 8 heteroatoms. The van der Waals surface area contributed by atoms with Crippen LogP contribution in [0.2, 0.25) is 0 Å². The zero-order valence-electron chi connectivity index (χ0n) is 15.4. The van der Waals surface area contributed by atoms with Gasteiger partial charge in [-0.15, -0.1) is 0 Å². The number of allylic oxidation sites excluding steroid dienone is 1. The van der Waals surface area contributed by atoms with E-state index in [1.54, 1.807) is 17.2 Å². The summed E-state index contributed by atoms with van der Waals surface area (Å²) in [6.07, 6.45) is 5.40. The van der Waals surface area contributed by atoms with Crippen LogP contribution in [0.3, 0.4) is 0 Å². The Morgan fingerprint density at radius 1 is 1.39 bits per heavy atom. The van der Waals surface area contributed by atoms with Gasteiger partial charge in [-0.25, -0.2) is 0 Å². The van der Waals surface area contributed by atoms with Gasteiger partial charge in [0, 0.05) is 34.9 Å². The van der Waals surface area contributed by atoms with Crippen molar-refractivity contribution in [2.24, 2.45) is 10.9 Å². The standard InChI is InChI=1S/C20H20BrN3O3S/c1-12-4-6-23(7-5-12)18(25)11-24-19(26)17(28-20(24)27)8-13-10-22-16-3-2-14(21)9-15(13)16/h2-3,8-10,12,26H,4-7,11H2,1H3/b13-8+. The Kier molecular flexibility index (Phi) is 5.25. The van der Waals surface area contributed by atoms with Crippen LogP contribution >= 0.6 is 27.3 Å². The third kappa shape index (κ3) is 3.71. The summed E-state index contributed by atoms with van der Waals surface area (Å²) in [7, 11) is 0. The molecule has 4 rings (SSSR count). The number of aliphatic imine (C=N–C) groups is 1. The van der Waals surface area contributed by atoms with Crippen LogP contribution < -0.4 is 4.87 Å². The highest BCUT2D eigenvalue weighted by Gasteiger charge is 2.23. The van der Waals surface area contributed by atoms with E-state index in [0.717, 1.165) is 50.0 Å². The number of fused-ring (bicyclic) bond motifs is 1. The van der Waals surface area contributed by atoms with E-state index in [1.807, 2.05) is 18.2 Å². The van der Waals surface area contributed by atoms with Gasteiger partial charge in [0.15, 0.2) is 0 Å². The number of nitrogens with zero attached hydrogens (tertiary/aromatic N) is 3. The maximum Gasteiger partial charge on any atom is 0.311 e. The summed E-state index contributed by atoms with van der Waals surface area (Å²) >= 11 is 4.38. The number of aromatic hydroxyl groups is 1. The first-order valence-corrected chi connectivity index (χ1v) is 10.8. The number of aromatic nitrogens is 1. The highest BCUT2D eigenvalue weighted by Crippen LogP contribution is 2.36. The fourth-order valence-corrected chi connectivity index (χ4v) is 4.66. The molecule has 0 saturated carbocycles. The minimum atomic E-state index is -0.340. The Morgan fingerprint density at radius 3 is 2.89 bits per heavy atom. The highest BCUT2D eigenvalue weighted by atomic mass is 79.9. The van der Waals surface area contributed by atoms with Crippen LogP contribution in [0.4, 0.5) is 5.69 Å². The van der Waals surface area contributed by atoms with E-state index in [1.165, 1.54) is 0 Å². The van der Waals surface area contributed by atoms with Crippen molar-refractivity contribution < 1.29 is 9.90 Å². The predicted octanol–water partition coefficient (Wildman–Crippen LogP) is 3.89. The van der Waals surface area contributed by atoms with Crippen molar-refractivity contribution in [3.05, 3.63) is 42.8 Å². The Balaban J connectivity index is 1.58. The average molecular weight is 462 g/mol. The van der Waals surface area contributed by atoms with Gasteiger partial charge in [0.05, 0.1) is 10.6 Å². The Hall–Kier alpha value is -2.19. The second-order valence-electron chi connectivity index (χ2n) is 7.22. The van der Waals surface area contributed by atoms with Crippen LogP contribution in [0, 0.1) is 5.92 Å². The molecule has 2 aliphatic heterocycles. The predicted molar refractivity (Wildman–Crippen MR) is 115 cm³/mol. The molecule has 28 heavy (non-hydrogen) atoms. The monoisotopic (exact) mass is 461 g/mol. The van der Waals surface area contributed by atoms with Gasteiger partial charge in [-0.05, 0) is 43.0 Å². The fourth-order valence-electron chi connectivity index (χ4n) is 3.46. The van der Waals surface area contributed by atoms with Crippen molar-refractivity contribution in [2.45, 2.75) is 26.3 Å². The van der Waals surface area contributed by atoms with E-state index in [9.17, 15) is 14.7 Å². The maximum absolute atomic E-state index is 12.6. The lowest BCUT2D eigenvalue weighted by atomic mass is 9.99. The van der Waals surface area contributed by atoms with Crippen molar-refractivity contribution >= 4 is 56.7 Å². The summed E-state index contributed by atoms with van der Waals surface area (Å²) in [5.41, 5.74) is 2.59. The van der Waals surface area contributed by atoms with E-state index < -0.39 is 0 Å². The van der Waals surface area contributed by atoms with Crippen molar-refractivity contribution in [3.63, 3.8) is 0 Å². The van der Waals surface area contributed by atoms with Crippen LogP contribution in [-0.4, -0.2) is 39.8 Å². The Bertz CT molecular complexity index is 1050. The molecule has 0 unspecified atom stereocenters. The largest absolute Gasteiger partial charge is 0.493 e. The molecule has 0 aliphatic carbocycles. The number of likely N-dealkylation sites (tertiary alicyclic amines) is 1. The van der Waals surface area contributed by atoms with Gasteiger partial charge in [0.1, 0.15) is 6.54 Å². The fraction of sp³-hybridized carbons (Fsp3) is 0.350. The van der Waals surface area contributed by atoms with Crippen LogP contribution in [0.15, 0.2) is 32.5 Å². The van der Waals surface area contributed by atoms with Crippen LogP contribution in [0.1, 0.15) is 30.2 Å². The maximum atomic E-state index is 12.6. The first kappa shape index (κ1) is 19.1. The highest BCUT2D eigenvalue weighted by molar-refractivity contribution is 9.10. The third-order valence-corrected chi connectivity index (χ3v) is 6.63. The molecule has 1 saturated heterocycles. The number of amides is 1. The zero-order chi connectivity index (χ0) is 19.8. The van der Waals surface area contributed by atoms with E-state index in [-0.39, 0.29) is 23.2 Å². The number of piperidine rings is 1. The van der Waals surface area contributed by atoms with Gasteiger partial charge in [0.2, 0.25) is 11.8 Å². The SMILES string of the molecule is CC1CCN(C(=O)Cn2c(O)c(/C=C3\C=Nc4ccc(Br)cc43)sc2=O)CC1. The first-order chi connectivity index (χ1) is 13.4. The number of rotatable bonds is 3. The second-order valence-corrected chi connectivity index (χ2v) is 9.13. The molecule has 1 aromatic carbocycles. The quantitative estimate of drug-likeness (QED) is 0.752. The first-order valence-electron chi connectivity index (χ1n) is 9.18. The average Bonchev–Trinajstić information content (AvgIpc) is 3.18. The lowest BCUT2D eigenvalue weighted by Crippen LogP contribution is -2.40. The third-order valence-electron chi connectivity index (χ3n) is 5.22. The minimum absolute atomic E-state index is 0.127. The van der Waals surface area contributed by atoms with Gasteiger partial charge >= 0.3 is 4.87 Å². The number of hydrogen-bond acceptors (Lipinski definition) is 5. The zero-order valence-corrected chi connectivity index (χ0v) is 17.8. The molecule has 6 nitrogen and oxygen atoms in total. The molecular formula is C20H20BrN3O3S. The van der Waals surface area contributed by atoms with E-state index in [2.05, 4.69) is 27.8 Å². The van der Waals surface area contributed by atoms with E-state index >= 15 is 0 Å². The van der Waals surface area contributed by atoms with E-state index in [4.69, 9.17) is 0 Å². The van der Waals surface area contributed by atoms with Gasteiger partial charge in [-0.1, -0.05) is 34.2 Å². The smallest absolute Gasteiger partial charge is 0.311 e. The molecule has 1 amide bonds. The van der Waals surface area contributed by atoms with E-state index in [0.29, 0.717) is 23.9 Å². The molecule has 0 radical (unpaired) electrons. The van der Waals surface area contributed by atoms with Gasteiger partial charge < -0.3 is 10.0 Å². The summed E-state index contributed by atoms with van der Waals surface area (Å²) in [5.74, 6) is 0.326. The molecule has 1 aromatic heterocycles. The molecule has 1 fully saturated rings. The molecule has 146 valence electrons. The second kappa shape index (κ2) is 7.67. The van der Waals surface area contributed by atoms with Crippen molar-refractivity contribution in [2.75, 3.05) is 13.1 Å². The topological polar surface area (TPSA) is 74.9 Å². The van der Waals surface area contributed by atoms with Gasteiger partial charge in [0.25, 0.3) is 0 Å². The summed E-state index contributed by atoms with van der Waals surface area (Å²) in [6.45, 7) is 3.46. The minimum Gasteiger partial charge on any atom is -0.493 e. The van der Waals surface area contributed by atoms with Gasteiger partial charge in [-0.2, -0.15) is 0 Å². The molecule has 3 heterocycles. The van der Waals surface area contributed by atoms with Crippen LogP contribution in [0.25, 0.3) is 11.6 Å². The molecule has 0 atom stereocenters. The summed E-state index contributed by atoms with van der Waals surface area (Å²) in [5, 5.41) is 10.6. The number of hydrogen-bond donors (Lipinski definition) is 1. The van der Waals surface area contributed by atoms with Crippen molar-refractivity contribution in [3.8, 4) is 5.88 Å². The van der Waals surface area contributed by atoms with Crippen molar-refractivity contribution in [1.82, 2.24) is 9.47 Å². The normalized spacial score (nSPS) is 18.1. The molecule has 1 N–H and O–H groups in total. The number of halogens is 1. The number of carbonyl (C=O) groups is 1. The van der Waals surface area contributed by atoms with Crippen molar-refractivity contribution in [1.29, 1.82) is 0 Å². The lowest BCUT2D eigenvalue weighted by molar-refractivity contribution is -0.133. The number of thiazole rings is 1. The molecular weight excluding hydrogens is 442 g/mol. The molecule has 0 bridgehead atoms. The Morgan fingerprint density at radius 2 is 2.14 bits per heavy atom. The molecule has 0 spiro atoms. The Labute approximate surface area is 175 Å². The molecule has 2 aliphatic rings. The van der Waals surface area contributed by atoms with Gasteiger partial charge in [-0.3, -0.25) is 19.1 Å². The number of benzene rings is 1. The summed E-state index contributed by atoms with van der Waals surface area (Å²) in [6, 6.07) is 5.77. The molecule has 2 aromatic rings. The summed E-state index contributed by atoms with van der Waals surface area (Å²) in [4.78, 5) is 31.2. The lowest BCUT2D eigenvalue weighted by Gasteiger charge is -2.30.